The maximum absolute atomic E-state index is 14.3. The number of likely N-dealkylation sites (tertiary alicyclic amines) is 1. The fourth-order valence-corrected chi connectivity index (χ4v) is 4.28. The fraction of sp³-hybridized carbons (Fsp3) is 0.217. The number of alkyl halides is 1. The van der Waals surface area contributed by atoms with E-state index in [2.05, 4.69) is 30.6 Å². The Labute approximate surface area is 208 Å². The third-order valence-corrected chi connectivity index (χ3v) is 5.93. The summed E-state index contributed by atoms with van der Waals surface area (Å²) in [7, 11) is 0. The van der Waals surface area contributed by atoms with E-state index in [0.29, 0.717) is 10.9 Å². The Hall–Kier alpha value is -5.01. The summed E-state index contributed by atoms with van der Waals surface area (Å²) in [5.41, 5.74) is 7.45. The Balaban J connectivity index is 1.41. The smallest absolute Gasteiger partial charge is 0.269 e. The molecule has 13 nitrogen and oxygen atoms in total. The number of rotatable bonds is 6. The molecule has 188 valence electrons. The van der Waals surface area contributed by atoms with Crippen LogP contribution in [0.2, 0.25) is 0 Å². The van der Waals surface area contributed by atoms with Gasteiger partial charge in [0, 0.05) is 17.4 Å². The van der Waals surface area contributed by atoms with Crippen LogP contribution in [0.1, 0.15) is 16.9 Å². The van der Waals surface area contributed by atoms with Crippen molar-refractivity contribution in [3.63, 3.8) is 0 Å². The number of hydrogen-bond donors (Lipinski definition) is 3. The molecular weight excluding hydrogens is 485 g/mol. The van der Waals surface area contributed by atoms with Crippen molar-refractivity contribution >= 4 is 34.4 Å². The van der Waals surface area contributed by atoms with Gasteiger partial charge in [-0.3, -0.25) is 24.0 Å². The minimum atomic E-state index is -1.41. The van der Waals surface area contributed by atoms with E-state index in [1.807, 2.05) is 0 Å². The molecule has 4 heterocycles. The van der Waals surface area contributed by atoms with Crippen LogP contribution in [0.3, 0.4) is 0 Å². The zero-order valence-electron chi connectivity index (χ0n) is 19.2. The maximum atomic E-state index is 14.3. The van der Waals surface area contributed by atoms with Gasteiger partial charge in [-0.05, 0) is 23.8 Å². The number of aromatic nitrogens is 6. The van der Waals surface area contributed by atoms with Crippen LogP contribution in [0, 0.1) is 0 Å². The fourth-order valence-electron chi connectivity index (χ4n) is 4.28. The number of carbonyl (C=O) groups excluding carboxylic acids is 3. The van der Waals surface area contributed by atoms with Gasteiger partial charge in [0.2, 0.25) is 17.7 Å². The van der Waals surface area contributed by atoms with Gasteiger partial charge in [0.25, 0.3) is 5.91 Å². The molecule has 0 radical (unpaired) electrons. The predicted molar refractivity (Wildman–Crippen MR) is 127 cm³/mol. The number of fused-ring (bicyclic) bond motifs is 1. The first kappa shape index (κ1) is 23.7. The van der Waals surface area contributed by atoms with E-state index in [4.69, 9.17) is 5.73 Å². The summed E-state index contributed by atoms with van der Waals surface area (Å²) in [5, 5.41) is 24.1. The molecule has 1 aliphatic heterocycles. The maximum Gasteiger partial charge on any atom is 0.269 e. The highest BCUT2D eigenvalue weighted by molar-refractivity contribution is 6.05. The highest BCUT2D eigenvalue weighted by Gasteiger charge is 2.40. The van der Waals surface area contributed by atoms with Gasteiger partial charge in [-0.2, -0.15) is 20.3 Å². The van der Waals surface area contributed by atoms with Crippen LogP contribution in [-0.2, 0) is 16.1 Å². The number of primary amides is 1. The number of nitrogens with zero attached hydrogens (tertiary/aromatic N) is 7. The summed E-state index contributed by atoms with van der Waals surface area (Å²) in [6.07, 6.45) is 3.77. The number of benzene rings is 1. The van der Waals surface area contributed by atoms with Gasteiger partial charge in [0.1, 0.15) is 18.8 Å². The molecule has 3 amide bonds. The number of halogens is 1. The number of amides is 3. The highest BCUT2D eigenvalue weighted by Crippen LogP contribution is 2.27. The third-order valence-electron chi connectivity index (χ3n) is 5.93. The third kappa shape index (κ3) is 4.76. The van der Waals surface area contributed by atoms with Crippen LogP contribution in [0.5, 0.6) is 5.88 Å². The number of carbonyl (C=O) groups is 3. The van der Waals surface area contributed by atoms with E-state index in [9.17, 15) is 23.9 Å². The number of nitrogens with one attached hydrogen (secondary N) is 1. The van der Waals surface area contributed by atoms with Crippen molar-refractivity contribution in [2.75, 3.05) is 11.9 Å². The number of nitrogens with two attached hydrogens (primary N) is 1. The van der Waals surface area contributed by atoms with Crippen LogP contribution in [0.25, 0.3) is 22.0 Å². The predicted octanol–water partition coefficient (Wildman–Crippen LogP) is 0.665. The zero-order valence-corrected chi connectivity index (χ0v) is 19.2. The molecule has 4 aromatic rings. The Bertz CT molecular complexity index is 1510. The Morgan fingerprint density at radius 1 is 1.14 bits per heavy atom. The summed E-state index contributed by atoms with van der Waals surface area (Å²) in [6, 6.07) is 5.80. The molecule has 1 saturated heterocycles. The molecule has 1 fully saturated rings. The average Bonchev–Trinajstić information content (AvgIpc) is 3.45. The van der Waals surface area contributed by atoms with Crippen molar-refractivity contribution < 1.29 is 23.9 Å². The zero-order chi connectivity index (χ0) is 26.1. The quantitative estimate of drug-likeness (QED) is 0.339. The second-order valence-corrected chi connectivity index (χ2v) is 8.38. The monoisotopic (exact) mass is 505 g/mol. The van der Waals surface area contributed by atoms with E-state index in [1.54, 1.807) is 30.5 Å². The van der Waals surface area contributed by atoms with Crippen molar-refractivity contribution in [3.05, 3.63) is 54.7 Å². The summed E-state index contributed by atoms with van der Waals surface area (Å²) in [4.78, 5) is 46.7. The molecule has 0 bridgehead atoms. The lowest BCUT2D eigenvalue weighted by Crippen LogP contribution is -2.44. The van der Waals surface area contributed by atoms with Crippen molar-refractivity contribution in [3.8, 4) is 17.0 Å². The molecule has 2 atom stereocenters. The van der Waals surface area contributed by atoms with Crippen LogP contribution < -0.4 is 11.1 Å². The van der Waals surface area contributed by atoms with Gasteiger partial charge in [-0.25, -0.2) is 4.39 Å². The average molecular weight is 505 g/mol. The van der Waals surface area contributed by atoms with Crippen LogP contribution in [-0.4, -0.2) is 76.4 Å². The summed E-state index contributed by atoms with van der Waals surface area (Å²) < 4.78 is 15.6. The second kappa shape index (κ2) is 9.56. The largest absolute Gasteiger partial charge is 0.492 e. The molecule has 4 N–H and O–H groups in total. The Morgan fingerprint density at radius 2 is 1.97 bits per heavy atom. The molecule has 3 aromatic heterocycles. The number of anilines is 1. The van der Waals surface area contributed by atoms with Crippen LogP contribution in [0.15, 0.2) is 49.1 Å². The molecular formula is C23H20FN9O4. The highest BCUT2D eigenvalue weighted by atomic mass is 19.1. The normalized spacial score (nSPS) is 17.2. The first-order valence-corrected chi connectivity index (χ1v) is 11.1. The lowest BCUT2D eigenvalue weighted by Gasteiger charge is -2.23. The lowest BCUT2D eigenvalue weighted by atomic mass is 10.0. The van der Waals surface area contributed by atoms with Crippen LogP contribution >= 0.6 is 0 Å². The Kier molecular flexibility index (Phi) is 6.13. The molecule has 0 saturated carbocycles. The Morgan fingerprint density at radius 3 is 2.70 bits per heavy atom. The SMILES string of the molecule is NC(=O)c1nn(CC(=O)N2CC(F)CC2C(=O)Nc2cncc(O)n2)c2ccc(-c3ccnnc3)cc12. The molecule has 0 aliphatic carbocycles. The van der Waals surface area contributed by atoms with Crippen molar-refractivity contribution in [1.29, 1.82) is 0 Å². The lowest BCUT2D eigenvalue weighted by molar-refractivity contribution is -0.137. The summed E-state index contributed by atoms with van der Waals surface area (Å²) in [5.74, 6) is -2.48. The first-order valence-electron chi connectivity index (χ1n) is 11.1. The van der Waals surface area contributed by atoms with Crippen molar-refractivity contribution in [2.24, 2.45) is 5.73 Å². The standard InChI is InChI=1S/C23H20FN9O4/c24-14-6-17(23(37)30-18-8-26-9-19(34)29-18)32(10-14)20(35)11-33-16-2-1-12(13-3-4-27-28-7-13)5-15(16)21(31-33)22(25)36/h1-5,7-9,14,17H,6,10-11H2,(H2,25,36)(H2,29,30,34,37). The molecule has 2 unspecified atom stereocenters. The molecule has 1 aliphatic rings. The van der Waals surface area contributed by atoms with Gasteiger partial charge in [0.05, 0.1) is 36.8 Å². The van der Waals surface area contributed by atoms with E-state index < -0.39 is 35.8 Å². The van der Waals surface area contributed by atoms with Crippen molar-refractivity contribution in [2.45, 2.75) is 25.2 Å². The van der Waals surface area contributed by atoms with E-state index in [0.717, 1.165) is 22.2 Å². The molecule has 37 heavy (non-hydrogen) atoms. The minimum absolute atomic E-state index is 0.0341. The van der Waals surface area contributed by atoms with E-state index in [1.165, 1.54) is 17.1 Å². The van der Waals surface area contributed by atoms with Gasteiger partial charge in [-0.1, -0.05) is 6.07 Å². The topological polar surface area (TPSA) is 182 Å². The summed E-state index contributed by atoms with van der Waals surface area (Å²) in [6.45, 7) is -0.647. The summed E-state index contributed by atoms with van der Waals surface area (Å²) >= 11 is 0. The van der Waals surface area contributed by atoms with Gasteiger partial charge in [-0.15, -0.1) is 0 Å². The number of hydrogen-bond acceptors (Lipinski definition) is 9. The minimum Gasteiger partial charge on any atom is -0.492 e. The van der Waals surface area contributed by atoms with Crippen LogP contribution in [0.4, 0.5) is 10.2 Å². The van der Waals surface area contributed by atoms with E-state index >= 15 is 0 Å². The number of aromatic hydroxyl groups is 1. The second-order valence-electron chi connectivity index (χ2n) is 8.38. The van der Waals surface area contributed by atoms with Gasteiger partial charge >= 0.3 is 0 Å². The van der Waals surface area contributed by atoms with Crippen molar-refractivity contribution in [1.82, 2.24) is 34.8 Å². The first-order chi connectivity index (χ1) is 17.8. The van der Waals surface area contributed by atoms with Gasteiger partial charge < -0.3 is 21.1 Å². The molecule has 5 rings (SSSR count). The molecule has 0 spiro atoms. The van der Waals surface area contributed by atoms with Gasteiger partial charge in [0.15, 0.2) is 11.5 Å². The van der Waals surface area contributed by atoms with E-state index in [-0.39, 0.29) is 31.0 Å². The molecule has 1 aromatic carbocycles. The molecule has 14 heteroatoms.